The molecule has 3 aromatic heterocycles. The number of hydrogen-bond acceptors (Lipinski definition) is 5. The number of aromatic nitrogens is 3. The van der Waals surface area contributed by atoms with E-state index in [4.69, 9.17) is 0 Å². The molecule has 8 heteroatoms. The molecule has 0 unspecified atom stereocenters. The normalized spacial score (nSPS) is 18.7. The Morgan fingerprint density at radius 1 is 1.29 bits per heavy atom. The molecule has 2 N–H and O–H groups in total. The number of amides is 1. The smallest absolute Gasteiger partial charge is 0.258 e. The number of fused-ring (bicyclic) bond motifs is 1. The van der Waals surface area contributed by atoms with E-state index in [1.807, 2.05) is 19.9 Å². The molecule has 0 aliphatic heterocycles. The number of carbonyl (C=O) groups excluding carboxylic acids is 1. The van der Waals surface area contributed by atoms with Crippen LogP contribution in [0.2, 0.25) is 0 Å². The van der Waals surface area contributed by atoms with E-state index in [1.54, 1.807) is 31.6 Å². The second kappa shape index (κ2) is 8.19. The predicted octanol–water partition coefficient (Wildman–Crippen LogP) is 3.43. The van der Waals surface area contributed by atoms with Crippen LogP contribution in [0.1, 0.15) is 43.5 Å². The summed E-state index contributed by atoms with van der Waals surface area (Å²) in [5.41, 5.74) is 3.00. The van der Waals surface area contributed by atoms with E-state index in [1.165, 1.54) is 4.57 Å². The van der Waals surface area contributed by atoms with Gasteiger partial charge < -0.3 is 15.0 Å². The fourth-order valence-electron chi connectivity index (χ4n) is 3.74. The van der Waals surface area contributed by atoms with Crippen LogP contribution in [0.3, 0.4) is 0 Å². The van der Waals surface area contributed by atoms with Gasteiger partial charge in [-0.15, -0.1) is 0 Å². The third-order valence-corrected chi connectivity index (χ3v) is 5.73. The van der Waals surface area contributed by atoms with Gasteiger partial charge in [0.25, 0.3) is 5.56 Å². The summed E-state index contributed by atoms with van der Waals surface area (Å²) in [6.07, 6.45) is 3.20. The Balaban J connectivity index is 1.70. The largest absolute Gasteiger partial charge is 0.387 e. The summed E-state index contributed by atoms with van der Waals surface area (Å²) >= 11 is 0. The zero-order valence-corrected chi connectivity index (χ0v) is 17.7. The van der Waals surface area contributed by atoms with Crippen molar-refractivity contribution in [3.63, 3.8) is 0 Å². The predicted molar refractivity (Wildman–Crippen MR) is 116 cm³/mol. The minimum Gasteiger partial charge on any atom is -0.387 e. The molecule has 1 amide bonds. The molecule has 31 heavy (non-hydrogen) atoms. The number of nitrogens with zero attached hydrogens (tertiary/aromatic N) is 3. The second-order valence-electron chi connectivity index (χ2n) is 8.13. The zero-order valence-electron chi connectivity index (χ0n) is 17.7. The highest BCUT2D eigenvalue weighted by molar-refractivity contribution is 5.95. The highest BCUT2D eigenvalue weighted by Crippen LogP contribution is 2.34. The van der Waals surface area contributed by atoms with Gasteiger partial charge in [-0.3, -0.25) is 14.6 Å². The van der Waals surface area contributed by atoms with Crippen molar-refractivity contribution in [2.45, 2.75) is 45.4 Å². The molecular weight excluding hydrogens is 399 g/mol. The number of aliphatic hydroxyl groups excluding tert-OH is 1. The van der Waals surface area contributed by atoms with Crippen LogP contribution in [0.15, 0.2) is 35.4 Å². The Bertz CT molecular complexity index is 1220. The average Bonchev–Trinajstić information content (AvgIpc) is 3.48. The van der Waals surface area contributed by atoms with Crippen molar-refractivity contribution in [3.05, 3.63) is 52.2 Å². The van der Waals surface area contributed by atoms with Gasteiger partial charge in [0.05, 0.1) is 23.2 Å². The number of aryl methyl sites for hydroxylation is 2. The molecular formula is C23H25FN4O3. The first kappa shape index (κ1) is 21.1. The first-order valence-corrected chi connectivity index (χ1v) is 10.4. The van der Waals surface area contributed by atoms with Crippen molar-refractivity contribution in [3.8, 4) is 11.1 Å². The summed E-state index contributed by atoms with van der Waals surface area (Å²) in [6, 6.07) is 5.18. The maximum absolute atomic E-state index is 13.1. The molecule has 0 spiro atoms. The Morgan fingerprint density at radius 3 is 2.68 bits per heavy atom. The van der Waals surface area contributed by atoms with E-state index >= 15 is 0 Å². The first-order valence-electron chi connectivity index (χ1n) is 10.4. The van der Waals surface area contributed by atoms with Crippen molar-refractivity contribution < 1.29 is 14.3 Å². The molecule has 3 aromatic rings. The van der Waals surface area contributed by atoms with Crippen LogP contribution in [0.25, 0.3) is 22.0 Å². The summed E-state index contributed by atoms with van der Waals surface area (Å²) in [5.74, 6) is -0.725. The molecule has 0 aromatic carbocycles. The molecule has 0 bridgehead atoms. The Hall–Kier alpha value is -3.13. The molecule has 0 saturated heterocycles. The molecule has 4 rings (SSSR count). The fraction of sp³-hybridized carbons (Fsp3) is 0.391. The maximum atomic E-state index is 13.1. The van der Waals surface area contributed by atoms with E-state index in [-0.39, 0.29) is 17.8 Å². The summed E-state index contributed by atoms with van der Waals surface area (Å²) in [4.78, 5) is 33.7. The molecule has 0 radical (unpaired) electrons. The van der Waals surface area contributed by atoms with Crippen molar-refractivity contribution in [2.75, 3.05) is 5.32 Å². The van der Waals surface area contributed by atoms with Crippen LogP contribution in [0.5, 0.6) is 0 Å². The lowest BCUT2D eigenvalue weighted by molar-refractivity contribution is -0.117. The van der Waals surface area contributed by atoms with Gasteiger partial charge in [0.2, 0.25) is 5.91 Å². The minimum absolute atomic E-state index is 0.214. The lowest BCUT2D eigenvalue weighted by Crippen LogP contribution is -2.20. The molecule has 162 valence electrons. The summed E-state index contributed by atoms with van der Waals surface area (Å²) in [6.45, 7) is 3.88. The number of pyridine rings is 3. The molecule has 1 saturated carbocycles. The van der Waals surface area contributed by atoms with E-state index in [2.05, 4.69) is 15.3 Å². The van der Waals surface area contributed by atoms with Crippen molar-refractivity contribution in [1.29, 1.82) is 0 Å². The number of nitrogens with one attached hydrogen (secondary N) is 1. The van der Waals surface area contributed by atoms with Gasteiger partial charge in [0.15, 0.2) is 0 Å². The van der Waals surface area contributed by atoms with Crippen LogP contribution in [-0.4, -0.2) is 31.7 Å². The van der Waals surface area contributed by atoms with Crippen LogP contribution < -0.4 is 10.9 Å². The Labute approximate surface area is 179 Å². The summed E-state index contributed by atoms with van der Waals surface area (Å²) < 4.78 is 14.6. The third kappa shape index (κ3) is 4.07. The summed E-state index contributed by atoms with van der Waals surface area (Å²) in [7, 11) is 1.65. The lowest BCUT2D eigenvalue weighted by atomic mass is 10.0. The Morgan fingerprint density at radius 2 is 2.03 bits per heavy atom. The van der Waals surface area contributed by atoms with Gasteiger partial charge in [-0.1, -0.05) is 13.3 Å². The van der Waals surface area contributed by atoms with Gasteiger partial charge in [-0.05, 0) is 37.5 Å². The number of anilines is 1. The molecule has 1 aliphatic rings. The molecule has 7 nitrogen and oxygen atoms in total. The first-order chi connectivity index (χ1) is 14.8. The number of carbonyl (C=O) groups is 1. The monoisotopic (exact) mass is 424 g/mol. The van der Waals surface area contributed by atoms with E-state index in [9.17, 15) is 19.1 Å². The molecule has 1 fully saturated rings. The van der Waals surface area contributed by atoms with Crippen LogP contribution >= 0.6 is 0 Å². The van der Waals surface area contributed by atoms with Crippen molar-refractivity contribution in [2.24, 2.45) is 13.0 Å². The molecule has 3 atom stereocenters. The van der Waals surface area contributed by atoms with Gasteiger partial charge in [0.1, 0.15) is 12.0 Å². The van der Waals surface area contributed by atoms with E-state index in [0.29, 0.717) is 28.8 Å². The number of halogens is 1. The number of rotatable bonds is 6. The quantitative estimate of drug-likeness (QED) is 0.632. The van der Waals surface area contributed by atoms with Crippen LogP contribution in [-0.2, 0) is 11.8 Å². The topological polar surface area (TPSA) is 97.1 Å². The molecule has 1 aliphatic carbocycles. The summed E-state index contributed by atoms with van der Waals surface area (Å²) in [5, 5.41) is 13.5. The van der Waals surface area contributed by atoms with Crippen LogP contribution in [0.4, 0.5) is 10.2 Å². The number of aliphatic hydroxyl groups is 1. The SMILES string of the molecule is CCC[C@H](O)c1cc(C)c(-c2cc3cnc(NC(=O)[C@H]4C[C@H]4F)cc3n(C)c2=O)cn1. The minimum atomic E-state index is -1.08. The highest BCUT2D eigenvalue weighted by atomic mass is 19.1. The van der Waals surface area contributed by atoms with Gasteiger partial charge in [0, 0.05) is 42.0 Å². The van der Waals surface area contributed by atoms with E-state index < -0.39 is 24.1 Å². The number of alkyl halides is 1. The van der Waals surface area contributed by atoms with Gasteiger partial charge >= 0.3 is 0 Å². The Kier molecular flexibility index (Phi) is 5.58. The fourth-order valence-corrected chi connectivity index (χ4v) is 3.74. The lowest BCUT2D eigenvalue weighted by Gasteiger charge is -2.14. The van der Waals surface area contributed by atoms with Crippen LogP contribution in [0, 0.1) is 12.8 Å². The highest BCUT2D eigenvalue weighted by Gasteiger charge is 2.43. The van der Waals surface area contributed by atoms with Crippen molar-refractivity contribution >= 4 is 22.6 Å². The zero-order chi connectivity index (χ0) is 22.3. The maximum Gasteiger partial charge on any atom is 0.258 e. The van der Waals surface area contributed by atoms with E-state index in [0.717, 1.165) is 17.4 Å². The standard InChI is InChI=1S/C23H25FN4O3/c1-4-5-20(29)18-6-12(2)16(11-25-18)14-7-13-10-26-21(9-19(13)28(3)23(14)31)27-22(30)15-8-17(15)24/h6-7,9-11,15,17,20,29H,4-5,8H2,1-3H3,(H,26,27,30)/t15-,17+,20-/m0/s1. The number of hydrogen-bond donors (Lipinski definition) is 2. The average molecular weight is 424 g/mol. The second-order valence-corrected chi connectivity index (χ2v) is 8.13. The third-order valence-electron chi connectivity index (χ3n) is 5.73. The van der Waals surface area contributed by atoms with Gasteiger partial charge in [-0.2, -0.15) is 0 Å². The van der Waals surface area contributed by atoms with Crippen molar-refractivity contribution in [1.82, 2.24) is 14.5 Å². The van der Waals surface area contributed by atoms with Gasteiger partial charge in [-0.25, -0.2) is 9.37 Å². The molecule has 3 heterocycles.